The maximum absolute atomic E-state index is 13.3. The number of hydrogen-bond donors (Lipinski definition) is 2. The molecule has 0 bridgehead atoms. The predicted octanol–water partition coefficient (Wildman–Crippen LogP) is 2.27. The van der Waals surface area contributed by atoms with Gasteiger partial charge in [0.25, 0.3) is 0 Å². The highest BCUT2D eigenvalue weighted by atomic mass is 79.9. The average Bonchev–Trinajstić information content (AvgIpc) is 2.24. The van der Waals surface area contributed by atoms with E-state index in [1.165, 1.54) is 13.1 Å². The summed E-state index contributed by atoms with van der Waals surface area (Å²) in [5.74, 6) is -1.70. The zero-order valence-electron chi connectivity index (χ0n) is 8.77. The first kappa shape index (κ1) is 12.9. The summed E-state index contributed by atoms with van der Waals surface area (Å²) in [4.78, 5) is 11.2. The molecule has 1 aromatic carbocycles. The van der Waals surface area contributed by atoms with Gasteiger partial charge in [-0.1, -0.05) is 0 Å². The van der Waals surface area contributed by atoms with Gasteiger partial charge in [0.2, 0.25) is 5.91 Å². The van der Waals surface area contributed by atoms with Gasteiger partial charge in [-0.15, -0.1) is 0 Å². The molecule has 1 aromatic rings. The third-order valence-electron chi connectivity index (χ3n) is 2.02. The van der Waals surface area contributed by atoms with E-state index in [1.807, 2.05) is 0 Å². The Bertz CT molecular complexity index is 412. The monoisotopic (exact) mass is 292 g/mol. The standard InChI is InChI=1S/C10H11BrF2N2O/c1-5(10(16)14-2)15-9-3-6(11)7(12)4-8(9)13/h3-5,15H,1-2H3,(H,14,16). The molecule has 6 heteroatoms. The lowest BCUT2D eigenvalue weighted by atomic mass is 10.2. The zero-order valence-corrected chi connectivity index (χ0v) is 10.4. The molecule has 1 unspecified atom stereocenters. The number of hydrogen-bond acceptors (Lipinski definition) is 2. The summed E-state index contributed by atoms with van der Waals surface area (Å²) in [6.07, 6.45) is 0. The van der Waals surface area contributed by atoms with Crippen molar-refractivity contribution in [2.75, 3.05) is 12.4 Å². The maximum atomic E-state index is 13.3. The number of anilines is 1. The van der Waals surface area contributed by atoms with Crippen molar-refractivity contribution in [2.24, 2.45) is 0 Å². The molecule has 16 heavy (non-hydrogen) atoms. The zero-order chi connectivity index (χ0) is 12.3. The van der Waals surface area contributed by atoms with Gasteiger partial charge in [0, 0.05) is 13.1 Å². The smallest absolute Gasteiger partial charge is 0.241 e. The molecule has 1 atom stereocenters. The first-order chi connectivity index (χ1) is 7.45. The molecule has 1 rings (SSSR count). The molecule has 0 heterocycles. The Morgan fingerprint density at radius 1 is 1.38 bits per heavy atom. The number of rotatable bonds is 3. The summed E-state index contributed by atoms with van der Waals surface area (Å²) in [6.45, 7) is 1.58. The van der Waals surface area contributed by atoms with Crippen molar-refractivity contribution in [2.45, 2.75) is 13.0 Å². The summed E-state index contributed by atoms with van der Waals surface area (Å²) < 4.78 is 26.4. The van der Waals surface area contributed by atoms with Gasteiger partial charge in [-0.05, 0) is 28.9 Å². The molecular formula is C10H11BrF2N2O. The molecule has 2 N–H and O–H groups in total. The molecule has 0 aliphatic heterocycles. The quantitative estimate of drug-likeness (QED) is 0.839. The second-order valence-corrected chi connectivity index (χ2v) is 4.08. The number of nitrogens with one attached hydrogen (secondary N) is 2. The summed E-state index contributed by atoms with van der Waals surface area (Å²) in [6, 6.07) is 1.41. The van der Waals surface area contributed by atoms with E-state index in [0.29, 0.717) is 0 Å². The van der Waals surface area contributed by atoms with Crippen LogP contribution in [0.25, 0.3) is 0 Å². The summed E-state index contributed by atoms with van der Waals surface area (Å²) in [7, 11) is 1.48. The van der Waals surface area contributed by atoms with E-state index in [0.717, 1.165) is 6.07 Å². The number of benzene rings is 1. The van der Waals surface area contributed by atoms with E-state index in [1.54, 1.807) is 6.92 Å². The molecule has 0 saturated heterocycles. The SMILES string of the molecule is CNC(=O)C(C)Nc1cc(Br)c(F)cc1F. The minimum Gasteiger partial charge on any atom is -0.371 e. The van der Waals surface area contributed by atoms with Gasteiger partial charge in [-0.2, -0.15) is 0 Å². The lowest BCUT2D eigenvalue weighted by Crippen LogP contribution is -2.35. The van der Waals surface area contributed by atoms with Crippen molar-refractivity contribution < 1.29 is 13.6 Å². The molecule has 88 valence electrons. The van der Waals surface area contributed by atoms with Crippen molar-refractivity contribution in [3.8, 4) is 0 Å². The third kappa shape index (κ3) is 2.91. The van der Waals surface area contributed by atoms with Crippen LogP contribution in [-0.2, 0) is 4.79 Å². The summed E-state index contributed by atoms with van der Waals surface area (Å²) >= 11 is 2.94. The van der Waals surface area contributed by atoms with Gasteiger partial charge in [0.15, 0.2) is 0 Å². The highest BCUT2D eigenvalue weighted by Gasteiger charge is 2.14. The highest BCUT2D eigenvalue weighted by Crippen LogP contribution is 2.24. The van der Waals surface area contributed by atoms with Crippen molar-refractivity contribution in [3.63, 3.8) is 0 Å². The second kappa shape index (κ2) is 5.25. The van der Waals surface area contributed by atoms with Gasteiger partial charge in [0.05, 0.1) is 10.2 Å². The largest absolute Gasteiger partial charge is 0.371 e. The molecule has 1 amide bonds. The van der Waals surface area contributed by atoms with Crippen LogP contribution in [0.2, 0.25) is 0 Å². The highest BCUT2D eigenvalue weighted by molar-refractivity contribution is 9.10. The van der Waals surface area contributed by atoms with Crippen LogP contribution >= 0.6 is 15.9 Å². The molecular weight excluding hydrogens is 282 g/mol. The summed E-state index contributed by atoms with van der Waals surface area (Å²) in [5, 5.41) is 5.07. The minimum absolute atomic E-state index is 0.0735. The Labute approximate surface area is 100 Å². The third-order valence-corrected chi connectivity index (χ3v) is 2.63. The van der Waals surface area contributed by atoms with E-state index in [4.69, 9.17) is 0 Å². The van der Waals surface area contributed by atoms with E-state index in [-0.39, 0.29) is 16.1 Å². The van der Waals surface area contributed by atoms with E-state index in [9.17, 15) is 13.6 Å². The van der Waals surface area contributed by atoms with Gasteiger partial charge in [0.1, 0.15) is 17.7 Å². The van der Waals surface area contributed by atoms with Crippen LogP contribution in [-0.4, -0.2) is 19.0 Å². The van der Waals surface area contributed by atoms with E-state index >= 15 is 0 Å². The Hall–Kier alpha value is -1.17. The lowest BCUT2D eigenvalue weighted by Gasteiger charge is -2.14. The Kier molecular flexibility index (Phi) is 4.23. The molecule has 0 radical (unpaired) electrons. The molecule has 3 nitrogen and oxygen atoms in total. The normalized spacial score (nSPS) is 12.1. The van der Waals surface area contributed by atoms with Crippen LogP contribution < -0.4 is 10.6 Å². The fraction of sp³-hybridized carbons (Fsp3) is 0.300. The number of amides is 1. The molecule has 0 fully saturated rings. The average molecular weight is 293 g/mol. The van der Waals surface area contributed by atoms with Crippen LogP contribution in [0.15, 0.2) is 16.6 Å². The van der Waals surface area contributed by atoms with Gasteiger partial charge in [-0.3, -0.25) is 4.79 Å². The minimum atomic E-state index is -0.739. The summed E-state index contributed by atoms with van der Waals surface area (Å²) in [5.41, 5.74) is 0.0735. The first-order valence-corrected chi connectivity index (χ1v) is 5.37. The predicted molar refractivity (Wildman–Crippen MR) is 61.2 cm³/mol. The van der Waals surface area contributed by atoms with Gasteiger partial charge < -0.3 is 10.6 Å². The first-order valence-electron chi connectivity index (χ1n) is 4.58. The Morgan fingerprint density at radius 3 is 2.56 bits per heavy atom. The van der Waals surface area contributed by atoms with Crippen LogP contribution in [0.3, 0.4) is 0 Å². The van der Waals surface area contributed by atoms with Gasteiger partial charge in [-0.25, -0.2) is 8.78 Å². The van der Waals surface area contributed by atoms with Crippen molar-refractivity contribution >= 4 is 27.5 Å². The van der Waals surface area contributed by atoms with Crippen LogP contribution in [0, 0.1) is 11.6 Å². The van der Waals surface area contributed by atoms with Crippen LogP contribution in [0.1, 0.15) is 6.92 Å². The van der Waals surface area contributed by atoms with Crippen LogP contribution in [0.4, 0.5) is 14.5 Å². The van der Waals surface area contributed by atoms with Gasteiger partial charge >= 0.3 is 0 Å². The topological polar surface area (TPSA) is 41.1 Å². The van der Waals surface area contributed by atoms with E-state index in [2.05, 4.69) is 26.6 Å². The van der Waals surface area contributed by atoms with Crippen molar-refractivity contribution in [1.82, 2.24) is 5.32 Å². The maximum Gasteiger partial charge on any atom is 0.241 e. The molecule has 0 saturated carbocycles. The number of carbonyl (C=O) groups excluding carboxylic acids is 1. The molecule has 0 spiro atoms. The molecule has 0 aliphatic rings. The second-order valence-electron chi connectivity index (χ2n) is 3.23. The van der Waals surface area contributed by atoms with Crippen molar-refractivity contribution in [3.05, 3.63) is 28.2 Å². The number of halogens is 3. The number of likely N-dealkylation sites (N-methyl/N-ethyl adjacent to an activating group) is 1. The lowest BCUT2D eigenvalue weighted by molar-refractivity contribution is -0.121. The Morgan fingerprint density at radius 2 is 2.00 bits per heavy atom. The molecule has 0 aliphatic carbocycles. The van der Waals surface area contributed by atoms with Crippen molar-refractivity contribution in [1.29, 1.82) is 0 Å². The van der Waals surface area contributed by atoms with E-state index < -0.39 is 17.7 Å². The number of carbonyl (C=O) groups is 1. The fourth-order valence-electron chi connectivity index (χ4n) is 1.15. The van der Waals surface area contributed by atoms with Crippen LogP contribution in [0.5, 0.6) is 0 Å². The Balaban J connectivity index is 2.89. The molecule has 0 aromatic heterocycles. The fourth-order valence-corrected chi connectivity index (χ4v) is 1.49.